The number of nitrogens with zero attached hydrogens (tertiary/aromatic N) is 3. The normalized spacial score (nSPS) is 15.1. The lowest BCUT2D eigenvalue weighted by atomic mass is 10.1. The van der Waals surface area contributed by atoms with E-state index in [9.17, 15) is 0 Å². The van der Waals surface area contributed by atoms with E-state index in [1.165, 1.54) is 16.8 Å². The minimum atomic E-state index is 0.734. The molecule has 0 aliphatic carbocycles. The second-order valence-corrected chi connectivity index (χ2v) is 9.54. The first kappa shape index (κ1) is 22.2. The first-order chi connectivity index (χ1) is 16.1. The van der Waals surface area contributed by atoms with E-state index in [0.29, 0.717) is 0 Å². The van der Waals surface area contributed by atoms with Gasteiger partial charge in [0.05, 0.1) is 11.4 Å². The zero-order valence-electron chi connectivity index (χ0n) is 18.7. The van der Waals surface area contributed by atoms with Crippen LogP contribution in [0, 0.1) is 0 Å². The largest absolute Gasteiger partial charge is 0.309 e. The van der Waals surface area contributed by atoms with E-state index in [4.69, 9.17) is 23.2 Å². The van der Waals surface area contributed by atoms with Crippen molar-refractivity contribution in [1.29, 1.82) is 0 Å². The molecule has 168 valence electrons. The van der Waals surface area contributed by atoms with E-state index in [1.807, 2.05) is 24.3 Å². The highest BCUT2D eigenvalue weighted by molar-refractivity contribution is 6.30. The van der Waals surface area contributed by atoms with Gasteiger partial charge in [-0.05, 0) is 66.2 Å². The van der Waals surface area contributed by atoms with Crippen molar-refractivity contribution < 1.29 is 0 Å². The maximum absolute atomic E-state index is 6.24. The summed E-state index contributed by atoms with van der Waals surface area (Å²) < 4.78 is 2.36. The molecule has 0 amide bonds. The fourth-order valence-electron chi connectivity index (χ4n) is 4.53. The van der Waals surface area contributed by atoms with Crippen molar-refractivity contribution in [3.8, 4) is 28.2 Å². The van der Waals surface area contributed by atoms with Crippen LogP contribution in [0.2, 0.25) is 10.0 Å². The van der Waals surface area contributed by atoms with Gasteiger partial charge < -0.3 is 9.47 Å². The molecule has 0 unspecified atom stereocenters. The smallest absolute Gasteiger partial charge is 0.0580 e. The molecule has 33 heavy (non-hydrogen) atoms. The number of hydrogen-bond acceptors (Lipinski definition) is 2. The monoisotopic (exact) mass is 475 g/mol. The summed E-state index contributed by atoms with van der Waals surface area (Å²) in [6.07, 6.45) is 0. The van der Waals surface area contributed by atoms with Gasteiger partial charge in [-0.25, -0.2) is 0 Å². The summed E-state index contributed by atoms with van der Waals surface area (Å²) in [5.41, 5.74) is 7.13. The van der Waals surface area contributed by atoms with Crippen LogP contribution in [-0.2, 0) is 6.54 Å². The van der Waals surface area contributed by atoms with Crippen molar-refractivity contribution in [2.45, 2.75) is 6.54 Å². The molecule has 5 rings (SSSR count). The van der Waals surface area contributed by atoms with Crippen LogP contribution < -0.4 is 0 Å². The highest BCUT2D eigenvalue weighted by Crippen LogP contribution is 2.37. The van der Waals surface area contributed by atoms with Gasteiger partial charge in [-0.2, -0.15) is 0 Å². The summed E-state index contributed by atoms with van der Waals surface area (Å²) in [4.78, 5) is 4.95. The van der Waals surface area contributed by atoms with Gasteiger partial charge in [-0.3, -0.25) is 4.90 Å². The summed E-state index contributed by atoms with van der Waals surface area (Å²) in [5.74, 6) is 0. The highest BCUT2D eigenvalue weighted by atomic mass is 35.5. The Bertz CT molecular complexity index is 1210. The van der Waals surface area contributed by atoms with E-state index in [2.05, 4.69) is 82.1 Å². The Kier molecular flexibility index (Phi) is 6.57. The molecule has 3 aromatic carbocycles. The van der Waals surface area contributed by atoms with Crippen molar-refractivity contribution in [2.75, 3.05) is 33.2 Å². The Balaban J connectivity index is 1.70. The molecule has 1 aliphatic rings. The lowest BCUT2D eigenvalue weighted by Crippen LogP contribution is -2.43. The van der Waals surface area contributed by atoms with Gasteiger partial charge >= 0.3 is 0 Å². The average molecular weight is 476 g/mol. The zero-order chi connectivity index (χ0) is 22.8. The van der Waals surface area contributed by atoms with Gasteiger partial charge in [0, 0.05) is 48.5 Å². The average Bonchev–Trinajstić information content (AvgIpc) is 3.21. The molecule has 3 nitrogen and oxygen atoms in total. The van der Waals surface area contributed by atoms with Gasteiger partial charge in [0.25, 0.3) is 0 Å². The first-order valence-electron chi connectivity index (χ1n) is 11.3. The van der Waals surface area contributed by atoms with Crippen LogP contribution in [0.5, 0.6) is 0 Å². The molecule has 0 N–H and O–H groups in total. The van der Waals surface area contributed by atoms with Gasteiger partial charge in [0.15, 0.2) is 0 Å². The molecule has 0 radical (unpaired) electrons. The van der Waals surface area contributed by atoms with E-state index in [-0.39, 0.29) is 0 Å². The number of hydrogen-bond donors (Lipinski definition) is 0. The summed E-state index contributed by atoms with van der Waals surface area (Å²) in [6, 6.07) is 29.2. The highest BCUT2D eigenvalue weighted by Gasteiger charge is 2.22. The second kappa shape index (κ2) is 9.74. The van der Waals surface area contributed by atoms with Gasteiger partial charge in [-0.15, -0.1) is 0 Å². The SMILES string of the molecule is CN1CCN(Cc2cc(-c3ccc(Cl)cc3)n(-c3ccc(Cl)cc3)c2-c2ccccc2)CC1. The fourth-order valence-corrected chi connectivity index (χ4v) is 4.78. The third-order valence-electron chi connectivity index (χ3n) is 6.34. The van der Waals surface area contributed by atoms with Crippen molar-refractivity contribution in [3.05, 3.63) is 101 Å². The predicted octanol–water partition coefficient (Wildman–Crippen LogP) is 6.87. The van der Waals surface area contributed by atoms with Crippen LogP contribution in [0.3, 0.4) is 0 Å². The van der Waals surface area contributed by atoms with Crippen LogP contribution in [0.1, 0.15) is 5.56 Å². The Morgan fingerprint density at radius 2 is 1.30 bits per heavy atom. The third kappa shape index (κ3) is 4.87. The maximum atomic E-state index is 6.24. The minimum absolute atomic E-state index is 0.734. The van der Waals surface area contributed by atoms with E-state index in [0.717, 1.165) is 59.7 Å². The van der Waals surface area contributed by atoms with Crippen molar-refractivity contribution in [3.63, 3.8) is 0 Å². The Morgan fingerprint density at radius 3 is 1.94 bits per heavy atom. The van der Waals surface area contributed by atoms with Crippen molar-refractivity contribution in [2.24, 2.45) is 0 Å². The second-order valence-electron chi connectivity index (χ2n) is 8.67. The summed E-state index contributed by atoms with van der Waals surface area (Å²) in [6.45, 7) is 5.27. The molecule has 4 aromatic rings. The molecule has 1 aliphatic heterocycles. The fraction of sp³-hybridized carbons (Fsp3) is 0.214. The Hall–Kier alpha value is -2.56. The van der Waals surface area contributed by atoms with Crippen LogP contribution in [0.15, 0.2) is 84.9 Å². The maximum Gasteiger partial charge on any atom is 0.0580 e. The van der Waals surface area contributed by atoms with Crippen LogP contribution >= 0.6 is 23.2 Å². The molecule has 0 spiro atoms. The van der Waals surface area contributed by atoms with E-state index >= 15 is 0 Å². The van der Waals surface area contributed by atoms with Gasteiger partial charge in [0.2, 0.25) is 0 Å². The van der Waals surface area contributed by atoms with Crippen LogP contribution in [-0.4, -0.2) is 47.6 Å². The van der Waals surface area contributed by atoms with Crippen molar-refractivity contribution >= 4 is 23.2 Å². The predicted molar refractivity (Wildman–Crippen MR) is 139 cm³/mol. The molecule has 1 fully saturated rings. The van der Waals surface area contributed by atoms with E-state index in [1.54, 1.807) is 0 Å². The zero-order valence-corrected chi connectivity index (χ0v) is 20.2. The molecule has 1 saturated heterocycles. The number of aromatic nitrogens is 1. The lowest BCUT2D eigenvalue weighted by Gasteiger charge is -2.32. The topological polar surface area (TPSA) is 11.4 Å². The number of rotatable bonds is 5. The first-order valence-corrected chi connectivity index (χ1v) is 12.1. The molecule has 5 heteroatoms. The Labute approximate surface area is 205 Å². The van der Waals surface area contributed by atoms with Crippen LogP contribution in [0.25, 0.3) is 28.2 Å². The number of benzene rings is 3. The molecule has 0 saturated carbocycles. The summed E-state index contributed by atoms with van der Waals surface area (Å²) in [7, 11) is 2.20. The van der Waals surface area contributed by atoms with Gasteiger partial charge in [-0.1, -0.05) is 65.7 Å². The van der Waals surface area contributed by atoms with Crippen molar-refractivity contribution in [1.82, 2.24) is 14.4 Å². The number of piperazine rings is 1. The molecule has 1 aromatic heterocycles. The molecular weight excluding hydrogens is 449 g/mol. The lowest BCUT2D eigenvalue weighted by molar-refractivity contribution is 0.148. The van der Waals surface area contributed by atoms with E-state index < -0.39 is 0 Å². The standard InChI is InChI=1S/C28H27Cl2N3/c1-31-15-17-32(18-16-31)20-23-19-27(21-7-9-24(29)10-8-21)33(26-13-11-25(30)12-14-26)28(23)22-5-3-2-4-6-22/h2-14,19H,15-18,20H2,1H3. The summed E-state index contributed by atoms with van der Waals surface area (Å²) >= 11 is 12.5. The quantitative estimate of drug-likeness (QED) is 0.312. The number of halogens is 2. The van der Waals surface area contributed by atoms with Gasteiger partial charge in [0.1, 0.15) is 0 Å². The third-order valence-corrected chi connectivity index (χ3v) is 6.85. The number of likely N-dealkylation sites (N-methyl/N-ethyl adjacent to an activating group) is 1. The molecule has 0 atom stereocenters. The minimum Gasteiger partial charge on any atom is -0.309 e. The summed E-state index contributed by atoms with van der Waals surface area (Å²) in [5, 5.41) is 1.47. The van der Waals surface area contributed by atoms with Crippen LogP contribution in [0.4, 0.5) is 0 Å². The molecule has 0 bridgehead atoms. The Morgan fingerprint density at radius 1 is 0.697 bits per heavy atom. The molecule has 2 heterocycles. The molecular formula is C28H27Cl2N3.